The molecule has 20 heavy (non-hydrogen) atoms. The minimum Gasteiger partial charge on any atom is -0.385 e. The van der Waals surface area contributed by atoms with Gasteiger partial charge >= 0.3 is 0 Å². The number of anilines is 1. The molecule has 1 rings (SSSR count). The minimum absolute atomic E-state index is 0.112. The first-order valence-corrected chi connectivity index (χ1v) is 6.30. The Kier molecular flexibility index (Phi) is 5.07. The van der Waals surface area contributed by atoms with Crippen LogP contribution in [0.3, 0.4) is 0 Å². The van der Waals surface area contributed by atoms with Crippen molar-refractivity contribution in [3.05, 3.63) is 29.6 Å². The van der Waals surface area contributed by atoms with E-state index < -0.39 is 11.7 Å². The van der Waals surface area contributed by atoms with Crippen molar-refractivity contribution in [3.63, 3.8) is 0 Å². The van der Waals surface area contributed by atoms with Gasteiger partial charge in [0.15, 0.2) is 0 Å². The van der Waals surface area contributed by atoms with Crippen LogP contribution in [0.15, 0.2) is 18.2 Å². The number of carbonyl (C=O) groups is 2. The molecule has 1 aromatic rings. The van der Waals surface area contributed by atoms with E-state index in [1.807, 2.05) is 20.8 Å². The predicted octanol–water partition coefficient (Wildman–Crippen LogP) is 1.51. The number of halogens is 1. The van der Waals surface area contributed by atoms with Gasteiger partial charge in [0.25, 0.3) is 5.91 Å². The Balaban J connectivity index is 2.69. The Morgan fingerprint density at radius 3 is 2.45 bits per heavy atom. The highest BCUT2D eigenvalue weighted by molar-refractivity contribution is 6.01. The summed E-state index contributed by atoms with van der Waals surface area (Å²) in [6, 6.07) is 4.20. The van der Waals surface area contributed by atoms with Crippen molar-refractivity contribution in [2.24, 2.45) is 0 Å². The van der Waals surface area contributed by atoms with Crippen LogP contribution in [-0.4, -0.2) is 30.9 Å². The monoisotopic (exact) mass is 281 g/mol. The van der Waals surface area contributed by atoms with E-state index in [1.165, 1.54) is 25.2 Å². The second-order valence-corrected chi connectivity index (χ2v) is 5.39. The zero-order valence-corrected chi connectivity index (χ0v) is 12.1. The van der Waals surface area contributed by atoms with Crippen LogP contribution in [-0.2, 0) is 4.79 Å². The molecular weight excluding hydrogens is 261 g/mol. The van der Waals surface area contributed by atoms with Gasteiger partial charge in [0.1, 0.15) is 5.82 Å². The molecule has 0 saturated heterocycles. The number of benzene rings is 1. The molecule has 0 saturated carbocycles. The fraction of sp³-hybridized carbons (Fsp3) is 0.429. The van der Waals surface area contributed by atoms with E-state index in [0.717, 1.165) is 0 Å². The summed E-state index contributed by atoms with van der Waals surface area (Å²) in [5, 5.41) is 7.82. The summed E-state index contributed by atoms with van der Waals surface area (Å²) in [6.45, 7) is 5.38. The number of rotatable bonds is 4. The van der Waals surface area contributed by atoms with Crippen LogP contribution in [0.4, 0.5) is 10.1 Å². The molecule has 0 fully saturated rings. The van der Waals surface area contributed by atoms with E-state index >= 15 is 0 Å². The van der Waals surface area contributed by atoms with Crippen molar-refractivity contribution in [2.45, 2.75) is 26.3 Å². The van der Waals surface area contributed by atoms with Gasteiger partial charge in [-0.1, -0.05) is 6.07 Å². The van der Waals surface area contributed by atoms with E-state index in [0.29, 0.717) is 0 Å². The van der Waals surface area contributed by atoms with Crippen molar-refractivity contribution in [3.8, 4) is 0 Å². The third kappa shape index (κ3) is 4.53. The molecule has 0 radical (unpaired) electrons. The van der Waals surface area contributed by atoms with Crippen molar-refractivity contribution in [2.75, 3.05) is 18.9 Å². The highest BCUT2D eigenvalue weighted by Crippen LogP contribution is 2.18. The molecule has 3 N–H and O–H groups in total. The van der Waals surface area contributed by atoms with Crippen LogP contribution in [0, 0.1) is 5.82 Å². The van der Waals surface area contributed by atoms with Gasteiger partial charge in [0.05, 0.1) is 17.8 Å². The van der Waals surface area contributed by atoms with Crippen LogP contribution in [0.2, 0.25) is 0 Å². The van der Waals surface area contributed by atoms with Gasteiger partial charge < -0.3 is 16.0 Å². The molecule has 0 aliphatic heterocycles. The van der Waals surface area contributed by atoms with E-state index in [4.69, 9.17) is 0 Å². The lowest BCUT2D eigenvalue weighted by Crippen LogP contribution is -2.45. The first kappa shape index (κ1) is 15.9. The van der Waals surface area contributed by atoms with Gasteiger partial charge in [-0.3, -0.25) is 9.59 Å². The maximum atomic E-state index is 13.5. The van der Waals surface area contributed by atoms with Gasteiger partial charge in [-0.15, -0.1) is 0 Å². The summed E-state index contributed by atoms with van der Waals surface area (Å²) >= 11 is 0. The largest absolute Gasteiger partial charge is 0.385 e. The van der Waals surface area contributed by atoms with Crippen LogP contribution in [0.5, 0.6) is 0 Å². The first-order chi connectivity index (χ1) is 9.24. The molecule has 0 bridgehead atoms. The summed E-state index contributed by atoms with van der Waals surface area (Å²) in [4.78, 5) is 23.5. The maximum absolute atomic E-state index is 13.5. The summed E-state index contributed by atoms with van der Waals surface area (Å²) in [5.74, 6) is -1.31. The lowest BCUT2D eigenvalue weighted by molar-refractivity contribution is -0.121. The molecule has 0 heterocycles. The van der Waals surface area contributed by atoms with Crippen LogP contribution < -0.4 is 16.0 Å². The second-order valence-electron chi connectivity index (χ2n) is 5.39. The first-order valence-electron chi connectivity index (χ1n) is 6.30. The summed E-state index contributed by atoms with van der Waals surface area (Å²) in [5.41, 5.74) is -0.0890. The third-order valence-electron chi connectivity index (χ3n) is 2.43. The van der Waals surface area contributed by atoms with Gasteiger partial charge in [-0.2, -0.15) is 0 Å². The van der Waals surface area contributed by atoms with Crippen molar-refractivity contribution in [1.82, 2.24) is 10.6 Å². The number of amides is 2. The lowest BCUT2D eigenvalue weighted by atomic mass is 10.1. The average Bonchev–Trinajstić information content (AvgIpc) is 2.33. The Hall–Kier alpha value is -2.11. The standard InChI is InChI=1S/C14H20FN3O2/c1-14(2,3)18-11(19)8-17-13(20)9-6-5-7-10(15)12(9)16-4/h5-7,16H,8H2,1-4H3,(H,17,20)(H,18,19). The number of para-hydroxylation sites is 1. The Morgan fingerprint density at radius 1 is 1.25 bits per heavy atom. The smallest absolute Gasteiger partial charge is 0.253 e. The molecule has 110 valence electrons. The summed E-state index contributed by atoms with van der Waals surface area (Å²) in [6.07, 6.45) is 0. The fourth-order valence-electron chi connectivity index (χ4n) is 1.69. The highest BCUT2D eigenvalue weighted by atomic mass is 19.1. The molecule has 0 atom stereocenters. The molecular formula is C14H20FN3O2. The Morgan fingerprint density at radius 2 is 1.90 bits per heavy atom. The fourth-order valence-corrected chi connectivity index (χ4v) is 1.69. The molecule has 0 aliphatic rings. The van der Waals surface area contributed by atoms with Gasteiger partial charge in [-0.25, -0.2) is 4.39 Å². The molecule has 0 spiro atoms. The van der Waals surface area contributed by atoms with Gasteiger partial charge in [0, 0.05) is 12.6 Å². The summed E-state index contributed by atoms with van der Waals surface area (Å²) < 4.78 is 13.5. The van der Waals surface area contributed by atoms with Crippen LogP contribution in [0.25, 0.3) is 0 Å². The highest BCUT2D eigenvalue weighted by Gasteiger charge is 2.17. The lowest BCUT2D eigenvalue weighted by Gasteiger charge is -2.20. The molecule has 0 unspecified atom stereocenters. The van der Waals surface area contributed by atoms with Crippen molar-refractivity contribution in [1.29, 1.82) is 0 Å². The molecule has 5 nitrogen and oxygen atoms in total. The number of hydrogen-bond donors (Lipinski definition) is 3. The molecule has 2 amide bonds. The maximum Gasteiger partial charge on any atom is 0.253 e. The number of hydrogen-bond acceptors (Lipinski definition) is 3. The zero-order chi connectivity index (χ0) is 15.3. The van der Waals surface area contributed by atoms with E-state index in [2.05, 4.69) is 16.0 Å². The minimum atomic E-state index is -0.515. The molecule has 0 aromatic heterocycles. The average molecular weight is 281 g/mol. The normalized spacial score (nSPS) is 10.8. The van der Waals surface area contributed by atoms with Gasteiger partial charge in [-0.05, 0) is 32.9 Å². The quantitative estimate of drug-likeness (QED) is 0.783. The predicted molar refractivity (Wildman–Crippen MR) is 76.2 cm³/mol. The third-order valence-corrected chi connectivity index (χ3v) is 2.43. The van der Waals surface area contributed by atoms with Crippen LogP contribution in [0.1, 0.15) is 31.1 Å². The van der Waals surface area contributed by atoms with Crippen molar-refractivity contribution >= 4 is 17.5 Å². The number of carbonyl (C=O) groups excluding carboxylic acids is 2. The second kappa shape index (κ2) is 6.36. The van der Waals surface area contributed by atoms with Crippen molar-refractivity contribution < 1.29 is 14.0 Å². The molecule has 6 heteroatoms. The molecule has 0 aliphatic carbocycles. The van der Waals surface area contributed by atoms with E-state index in [-0.39, 0.29) is 29.2 Å². The number of nitrogens with one attached hydrogen (secondary N) is 3. The Labute approximate surface area is 117 Å². The molecule has 1 aromatic carbocycles. The SMILES string of the molecule is CNc1c(F)cccc1C(=O)NCC(=O)NC(C)(C)C. The summed E-state index contributed by atoms with van der Waals surface area (Å²) in [7, 11) is 1.53. The van der Waals surface area contributed by atoms with Gasteiger partial charge in [0.2, 0.25) is 5.91 Å². The topological polar surface area (TPSA) is 70.2 Å². The zero-order valence-electron chi connectivity index (χ0n) is 12.1. The van der Waals surface area contributed by atoms with E-state index in [9.17, 15) is 14.0 Å². The van der Waals surface area contributed by atoms with E-state index in [1.54, 1.807) is 0 Å². The van der Waals surface area contributed by atoms with Crippen LogP contribution >= 0.6 is 0 Å². The Bertz CT molecular complexity index is 510.